The van der Waals surface area contributed by atoms with Gasteiger partial charge in [-0.1, -0.05) is 0 Å². The van der Waals surface area contributed by atoms with Gasteiger partial charge in [-0.3, -0.25) is 4.79 Å². The fraction of sp³-hybridized carbons (Fsp3) is 0.125. The summed E-state index contributed by atoms with van der Waals surface area (Å²) in [7, 11) is 0. The first-order chi connectivity index (χ1) is 5.25. The Bertz CT molecular complexity index is 286. The van der Waals surface area contributed by atoms with Crippen LogP contribution in [0.15, 0.2) is 23.8 Å². The fourth-order valence-electron chi connectivity index (χ4n) is 0.769. The largest absolute Gasteiger partial charge is 0.515 e. The van der Waals surface area contributed by atoms with E-state index in [2.05, 4.69) is 0 Å². The molecule has 0 aliphatic rings. The molecule has 0 fully saturated rings. The highest BCUT2D eigenvalue weighted by Crippen LogP contribution is 2.16. The van der Waals surface area contributed by atoms with Gasteiger partial charge in [0.25, 0.3) is 0 Å². The molecule has 0 saturated carbocycles. The van der Waals surface area contributed by atoms with E-state index < -0.39 is 0 Å². The van der Waals surface area contributed by atoms with Crippen LogP contribution in [0.4, 0.5) is 0 Å². The summed E-state index contributed by atoms with van der Waals surface area (Å²) in [6.45, 7) is 1.87. The van der Waals surface area contributed by atoms with Crippen LogP contribution in [-0.2, 0) is 0 Å². The molecule has 0 aromatic carbocycles. The maximum atomic E-state index is 11.1. The predicted octanol–water partition coefficient (Wildman–Crippen LogP) is 2.31. The minimum atomic E-state index is -0.139. The standard InChI is InChI=1S/C8H8O2S/c1-6-3-5-11-8(6)7(10)2-4-9/h2-5,9H,1H3. The summed E-state index contributed by atoms with van der Waals surface area (Å²) in [4.78, 5) is 11.8. The Balaban J connectivity index is 2.93. The van der Waals surface area contributed by atoms with Crippen LogP contribution in [0, 0.1) is 6.92 Å². The lowest BCUT2D eigenvalue weighted by molar-refractivity contribution is 0.104. The van der Waals surface area contributed by atoms with E-state index >= 15 is 0 Å². The van der Waals surface area contributed by atoms with Crippen molar-refractivity contribution in [1.82, 2.24) is 0 Å². The van der Waals surface area contributed by atoms with Gasteiger partial charge in [0.05, 0.1) is 11.1 Å². The van der Waals surface area contributed by atoms with Gasteiger partial charge in [0.15, 0.2) is 5.78 Å². The van der Waals surface area contributed by atoms with Crippen LogP contribution in [0.5, 0.6) is 0 Å². The molecule has 0 aliphatic heterocycles. The summed E-state index contributed by atoms with van der Waals surface area (Å²) in [5, 5.41) is 10.2. The number of rotatable bonds is 2. The molecule has 3 heteroatoms. The lowest BCUT2D eigenvalue weighted by Crippen LogP contribution is -1.91. The van der Waals surface area contributed by atoms with Crippen LogP contribution in [0.1, 0.15) is 15.2 Å². The lowest BCUT2D eigenvalue weighted by Gasteiger charge is -1.89. The third kappa shape index (κ3) is 1.68. The fourth-order valence-corrected chi connectivity index (χ4v) is 1.61. The zero-order valence-corrected chi connectivity index (χ0v) is 6.89. The van der Waals surface area contributed by atoms with Crippen LogP contribution in [0.25, 0.3) is 0 Å². The van der Waals surface area contributed by atoms with Crippen molar-refractivity contribution in [2.75, 3.05) is 0 Å². The molecule has 0 spiro atoms. The highest BCUT2D eigenvalue weighted by Gasteiger charge is 2.05. The molecule has 0 radical (unpaired) electrons. The van der Waals surface area contributed by atoms with E-state index in [9.17, 15) is 4.79 Å². The number of hydrogen-bond donors (Lipinski definition) is 1. The molecular formula is C8H8O2S. The maximum absolute atomic E-state index is 11.1. The Morgan fingerprint density at radius 1 is 1.73 bits per heavy atom. The van der Waals surface area contributed by atoms with E-state index in [0.717, 1.165) is 17.9 Å². The summed E-state index contributed by atoms with van der Waals surface area (Å²) in [5.41, 5.74) is 0.957. The topological polar surface area (TPSA) is 37.3 Å². The van der Waals surface area contributed by atoms with Crippen LogP contribution < -0.4 is 0 Å². The van der Waals surface area contributed by atoms with Crippen molar-refractivity contribution >= 4 is 17.1 Å². The summed E-state index contributed by atoms with van der Waals surface area (Å²) in [5.74, 6) is -0.139. The molecule has 2 nitrogen and oxygen atoms in total. The third-order valence-corrected chi connectivity index (χ3v) is 2.34. The molecule has 1 aromatic heterocycles. The highest BCUT2D eigenvalue weighted by molar-refractivity contribution is 7.12. The molecule has 11 heavy (non-hydrogen) atoms. The molecule has 0 amide bonds. The Labute approximate surface area is 68.8 Å². The SMILES string of the molecule is Cc1ccsc1C(=O)C=CO. The smallest absolute Gasteiger partial charge is 0.199 e. The van der Waals surface area contributed by atoms with Gasteiger partial charge in [-0.05, 0) is 23.9 Å². The first kappa shape index (κ1) is 8.01. The van der Waals surface area contributed by atoms with Crippen molar-refractivity contribution in [3.63, 3.8) is 0 Å². The zero-order valence-electron chi connectivity index (χ0n) is 6.07. The van der Waals surface area contributed by atoms with E-state index in [4.69, 9.17) is 5.11 Å². The first-order valence-electron chi connectivity index (χ1n) is 3.15. The molecule has 1 N–H and O–H groups in total. The van der Waals surface area contributed by atoms with Crippen molar-refractivity contribution < 1.29 is 9.90 Å². The number of aliphatic hydroxyl groups is 1. The molecule has 0 aliphatic carbocycles. The van der Waals surface area contributed by atoms with E-state index in [0.29, 0.717) is 4.88 Å². The number of carbonyl (C=O) groups is 1. The Kier molecular flexibility index (Phi) is 2.44. The van der Waals surface area contributed by atoms with Crippen LogP contribution >= 0.6 is 11.3 Å². The minimum Gasteiger partial charge on any atom is -0.515 e. The summed E-state index contributed by atoms with van der Waals surface area (Å²) in [6.07, 6.45) is 1.92. The van der Waals surface area contributed by atoms with Gasteiger partial charge in [0, 0.05) is 6.08 Å². The van der Waals surface area contributed by atoms with Gasteiger partial charge >= 0.3 is 0 Å². The number of hydrogen-bond acceptors (Lipinski definition) is 3. The normalized spacial score (nSPS) is 10.6. The number of aryl methyl sites for hydroxylation is 1. The van der Waals surface area contributed by atoms with Crippen molar-refractivity contribution in [2.45, 2.75) is 6.92 Å². The number of carbonyl (C=O) groups excluding carboxylic acids is 1. The number of thiophene rings is 1. The molecule has 1 aromatic rings. The van der Waals surface area contributed by atoms with Crippen molar-refractivity contribution in [3.05, 3.63) is 34.2 Å². The van der Waals surface area contributed by atoms with E-state index in [1.165, 1.54) is 11.3 Å². The summed E-state index contributed by atoms with van der Waals surface area (Å²) < 4.78 is 0. The number of aliphatic hydroxyl groups excluding tert-OH is 1. The summed E-state index contributed by atoms with van der Waals surface area (Å²) in [6, 6.07) is 1.88. The molecule has 0 unspecified atom stereocenters. The molecule has 1 rings (SSSR count). The molecule has 58 valence electrons. The second kappa shape index (κ2) is 3.34. The maximum Gasteiger partial charge on any atom is 0.199 e. The van der Waals surface area contributed by atoms with Crippen molar-refractivity contribution in [3.8, 4) is 0 Å². The molecule has 0 saturated heterocycles. The predicted molar refractivity (Wildman–Crippen MR) is 45.2 cm³/mol. The second-order valence-corrected chi connectivity index (χ2v) is 3.03. The highest BCUT2D eigenvalue weighted by atomic mass is 32.1. The average Bonchev–Trinajstić information content (AvgIpc) is 2.36. The van der Waals surface area contributed by atoms with Gasteiger partial charge in [-0.15, -0.1) is 11.3 Å². The molecule has 0 atom stereocenters. The Morgan fingerprint density at radius 3 is 2.91 bits per heavy atom. The van der Waals surface area contributed by atoms with Crippen LogP contribution in [0.3, 0.4) is 0 Å². The van der Waals surface area contributed by atoms with Crippen LogP contribution in [0.2, 0.25) is 0 Å². The first-order valence-corrected chi connectivity index (χ1v) is 4.03. The quantitative estimate of drug-likeness (QED) is 0.418. The Hall–Kier alpha value is -1.09. The van der Waals surface area contributed by atoms with Gasteiger partial charge in [0.1, 0.15) is 0 Å². The average molecular weight is 168 g/mol. The second-order valence-electron chi connectivity index (χ2n) is 2.11. The molecule has 0 bridgehead atoms. The van der Waals surface area contributed by atoms with Gasteiger partial charge in [-0.2, -0.15) is 0 Å². The summed E-state index contributed by atoms with van der Waals surface area (Å²) >= 11 is 1.39. The number of ketones is 1. The molecular weight excluding hydrogens is 160 g/mol. The molecule has 1 heterocycles. The monoisotopic (exact) mass is 168 g/mol. The van der Waals surface area contributed by atoms with E-state index in [1.807, 2.05) is 18.4 Å². The zero-order chi connectivity index (χ0) is 8.27. The minimum absolute atomic E-state index is 0.139. The van der Waals surface area contributed by atoms with E-state index in [1.54, 1.807) is 0 Å². The van der Waals surface area contributed by atoms with Crippen molar-refractivity contribution in [1.29, 1.82) is 0 Å². The third-order valence-electron chi connectivity index (χ3n) is 1.31. The Morgan fingerprint density at radius 2 is 2.45 bits per heavy atom. The van der Waals surface area contributed by atoms with E-state index in [-0.39, 0.29) is 5.78 Å². The van der Waals surface area contributed by atoms with Gasteiger partial charge in [0.2, 0.25) is 0 Å². The lowest BCUT2D eigenvalue weighted by atomic mass is 10.2. The van der Waals surface area contributed by atoms with Crippen LogP contribution in [-0.4, -0.2) is 10.9 Å². The van der Waals surface area contributed by atoms with Crippen molar-refractivity contribution in [2.24, 2.45) is 0 Å². The van der Waals surface area contributed by atoms with Gasteiger partial charge < -0.3 is 5.11 Å². The van der Waals surface area contributed by atoms with Gasteiger partial charge in [-0.25, -0.2) is 0 Å². The number of allylic oxidation sites excluding steroid dienone is 1.